The monoisotopic (exact) mass is 379 g/mol. The number of benzene rings is 1. The van der Waals surface area contributed by atoms with Crippen LogP contribution in [0.15, 0.2) is 18.2 Å². The normalized spacial score (nSPS) is 25.1. The minimum Gasteiger partial charge on any atom is -0.332 e. The van der Waals surface area contributed by atoms with Crippen molar-refractivity contribution < 1.29 is 17.6 Å². The van der Waals surface area contributed by atoms with Crippen LogP contribution in [-0.2, 0) is 9.84 Å². The lowest BCUT2D eigenvalue weighted by Crippen LogP contribution is -2.61. The van der Waals surface area contributed by atoms with Gasteiger partial charge in [-0.1, -0.05) is 13.8 Å². The van der Waals surface area contributed by atoms with Crippen molar-refractivity contribution in [3.63, 3.8) is 0 Å². The van der Waals surface area contributed by atoms with Gasteiger partial charge < -0.3 is 4.90 Å². The molecule has 2 fully saturated rings. The highest BCUT2D eigenvalue weighted by molar-refractivity contribution is 7.91. The third-order valence-corrected chi connectivity index (χ3v) is 6.62. The van der Waals surface area contributed by atoms with Crippen molar-refractivity contribution in [1.29, 1.82) is 5.26 Å². The number of carbonyl (C=O) groups is 1. The number of halogens is 1. The van der Waals surface area contributed by atoms with Crippen LogP contribution in [0.1, 0.15) is 29.8 Å². The van der Waals surface area contributed by atoms with Gasteiger partial charge in [0.1, 0.15) is 5.82 Å². The number of piperazine rings is 1. The lowest BCUT2D eigenvalue weighted by molar-refractivity contribution is 0.0296. The predicted molar refractivity (Wildman–Crippen MR) is 94.8 cm³/mol. The molecule has 1 aromatic rings. The largest absolute Gasteiger partial charge is 0.332 e. The molecule has 2 aliphatic rings. The highest BCUT2D eigenvalue weighted by Gasteiger charge is 2.48. The number of nitriles is 1. The van der Waals surface area contributed by atoms with Gasteiger partial charge in [-0.05, 0) is 24.1 Å². The summed E-state index contributed by atoms with van der Waals surface area (Å²) in [6.07, 6.45) is 0. The molecule has 1 aromatic carbocycles. The Morgan fingerprint density at radius 1 is 1.27 bits per heavy atom. The number of hydrogen-bond acceptors (Lipinski definition) is 5. The van der Waals surface area contributed by atoms with Crippen LogP contribution in [0.2, 0.25) is 0 Å². The molecule has 2 atom stereocenters. The maximum Gasteiger partial charge on any atom is 0.254 e. The number of rotatable bonds is 3. The van der Waals surface area contributed by atoms with Gasteiger partial charge in [-0.15, -0.1) is 0 Å². The molecule has 8 heteroatoms. The zero-order valence-electron chi connectivity index (χ0n) is 14.9. The molecule has 2 heterocycles. The number of amides is 1. The van der Waals surface area contributed by atoms with Crippen LogP contribution in [0.4, 0.5) is 4.39 Å². The van der Waals surface area contributed by atoms with Crippen molar-refractivity contribution in [1.82, 2.24) is 9.80 Å². The average molecular weight is 379 g/mol. The van der Waals surface area contributed by atoms with Crippen LogP contribution in [0.25, 0.3) is 0 Å². The first-order valence-corrected chi connectivity index (χ1v) is 10.5. The SMILES string of the molecule is CC(C)CN1CCN(C(=O)c2cc(F)cc(C#N)c2)[C@@H]2CS(=O)(=O)C[C@@H]21. The summed E-state index contributed by atoms with van der Waals surface area (Å²) in [4.78, 5) is 16.6. The standard InChI is InChI=1S/C18H22FN3O3S/c1-12(2)9-21-3-4-22(17-11-26(24,25)10-16(17)21)18(23)14-5-13(8-20)6-15(19)7-14/h5-7,12,16-17H,3-4,9-11H2,1-2H3/t16-,17+/m0/s1. The molecule has 0 bridgehead atoms. The fourth-order valence-electron chi connectivity index (χ4n) is 3.92. The molecule has 0 N–H and O–H groups in total. The van der Waals surface area contributed by atoms with Crippen LogP contribution in [-0.4, -0.2) is 67.3 Å². The van der Waals surface area contributed by atoms with E-state index in [9.17, 15) is 17.6 Å². The molecular weight excluding hydrogens is 357 g/mol. The fourth-order valence-corrected chi connectivity index (χ4v) is 5.93. The quantitative estimate of drug-likeness (QED) is 0.790. The fraction of sp³-hybridized carbons (Fsp3) is 0.556. The number of carbonyl (C=O) groups excluding carboxylic acids is 1. The van der Waals surface area contributed by atoms with Gasteiger partial charge in [0.15, 0.2) is 9.84 Å². The molecule has 0 unspecified atom stereocenters. The van der Waals surface area contributed by atoms with Crippen LogP contribution in [0.3, 0.4) is 0 Å². The van der Waals surface area contributed by atoms with Crippen molar-refractivity contribution in [3.8, 4) is 6.07 Å². The van der Waals surface area contributed by atoms with Gasteiger partial charge in [0.25, 0.3) is 5.91 Å². The van der Waals surface area contributed by atoms with E-state index in [1.54, 1.807) is 4.90 Å². The summed E-state index contributed by atoms with van der Waals surface area (Å²) >= 11 is 0. The van der Waals surface area contributed by atoms with Gasteiger partial charge in [-0.3, -0.25) is 9.69 Å². The molecule has 1 amide bonds. The topological polar surface area (TPSA) is 81.5 Å². The van der Waals surface area contributed by atoms with Crippen molar-refractivity contribution in [2.24, 2.45) is 5.92 Å². The van der Waals surface area contributed by atoms with Crippen LogP contribution in [0, 0.1) is 23.1 Å². The van der Waals surface area contributed by atoms with E-state index >= 15 is 0 Å². The Bertz CT molecular complexity index is 863. The van der Waals surface area contributed by atoms with E-state index in [0.717, 1.165) is 18.7 Å². The highest BCUT2D eigenvalue weighted by atomic mass is 32.2. The second-order valence-electron chi connectivity index (χ2n) is 7.44. The second-order valence-corrected chi connectivity index (χ2v) is 9.59. The number of nitrogens with zero attached hydrogens (tertiary/aromatic N) is 3. The molecule has 0 saturated carbocycles. The van der Waals surface area contributed by atoms with Crippen molar-refractivity contribution >= 4 is 15.7 Å². The lowest BCUT2D eigenvalue weighted by Gasteiger charge is -2.44. The van der Waals surface area contributed by atoms with Gasteiger partial charge in [0.2, 0.25) is 0 Å². The van der Waals surface area contributed by atoms with Gasteiger partial charge >= 0.3 is 0 Å². The lowest BCUT2D eigenvalue weighted by atomic mass is 10.0. The first-order chi connectivity index (χ1) is 12.2. The number of fused-ring (bicyclic) bond motifs is 1. The summed E-state index contributed by atoms with van der Waals surface area (Å²) in [6.45, 7) is 5.90. The Morgan fingerprint density at radius 3 is 2.62 bits per heavy atom. The summed E-state index contributed by atoms with van der Waals surface area (Å²) in [5.74, 6) is -0.708. The third-order valence-electron chi connectivity index (χ3n) is 4.93. The van der Waals surface area contributed by atoms with E-state index < -0.39 is 27.6 Å². The Morgan fingerprint density at radius 2 is 1.96 bits per heavy atom. The Labute approximate surface area is 153 Å². The van der Waals surface area contributed by atoms with E-state index in [2.05, 4.69) is 18.7 Å². The molecule has 3 rings (SSSR count). The summed E-state index contributed by atoms with van der Waals surface area (Å²) in [7, 11) is -3.23. The Kier molecular flexibility index (Phi) is 5.04. The molecule has 6 nitrogen and oxygen atoms in total. The summed E-state index contributed by atoms with van der Waals surface area (Å²) in [5.41, 5.74) is 0.157. The van der Waals surface area contributed by atoms with E-state index in [0.29, 0.717) is 19.0 Å². The Balaban J connectivity index is 1.90. The van der Waals surface area contributed by atoms with Crippen LogP contribution in [0.5, 0.6) is 0 Å². The summed E-state index contributed by atoms with van der Waals surface area (Å²) in [6, 6.07) is 4.69. The zero-order chi connectivity index (χ0) is 19.1. The number of hydrogen-bond donors (Lipinski definition) is 0. The third kappa shape index (κ3) is 3.74. The minimum absolute atomic E-state index is 0.0424. The van der Waals surface area contributed by atoms with Crippen molar-refractivity contribution in [2.75, 3.05) is 31.1 Å². The van der Waals surface area contributed by atoms with Crippen LogP contribution < -0.4 is 0 Å². The Hall–Kier alpha value is -1.98. The van der Waals surface area contributed by atoms with Gasteiger partial charge in [0.05, 0.1) is 29.2 Å². The van der Waals surface area contributed by atoms with Crippen molar-refractivity contribution in [2.45, 2.75) is 25.9 Å². The molecule has 0 radical (unpaired) electrons. The first kappa shape index (κ1) is 18.8. The van der Waals surface area contributed by atoms with Crippen LogP contribution >= 0.6 is 0 Å². The zero-order valence-corrected chi connectivity index (χ0v) is 15.7. The molecule has 0 aromatic heterocycles. The molecule has 26 heavy (non-hydrogen) atoms. The van der Waals surface area contributed by atoms with Crippen molar-refractivity contribution in [3.05, 3.63) is 35.1 Å². The average Bonchev–Trinajstić information content (AvgIpc) is 2.89. The van der Waals surface area contributed by atoms with E-state index in [4.69, 9.17) is 5.26 Å². The maximum absolute atomic E-state index is 13.7. The second kappa shape index (κ2) is 6.97. The van der Waals surface area contributed by atoms with Gasteiger partial charge in [-0.25, -0.2) is 12.8 Å². The molecule has 0 aliphatic carbocycles. The minimum atomic E-state index is -3.23. The summed E-state index contributed by atoms with van der Waals surface area (Å²) in [5, 5.41) is 8.99. The van der Waals surface area contributed by atoms with E-state index in [-0.39, 0.29) is 28.7 Å². The highest BCUT2D eigenvalue weighted by Crippen LogP contribution is 2.29. The molecule has 2 saturated heterocycles. The van der Waals surface area contributed by atoms with E-state index in [1.165, 1.54) is 6.07 Å². The molecule has 0 spiro atoms. The summed E-state index contributed by atoms with van der Waals surface area (Å²) < 4.78 is 38.2. The smallest absolute Gasteiger partial charge is 0.254 e. The van der Waals surface area contributed by atoms with Gasteiger partial charge in [0, 0.05) is 31.2 Å². The van der Waals surface area contributed by atoms with E-state index in [1.807, 2.05) is 6.07 Å². The predicted octanol–water partition coefficient (Wildman–Crippen LogP) is 1.28. The first-order valence-electron chi connectivity index (χ1n) is 8.66. The maximum atomic E-state index is 13.7. The van der Waals surface area contributed by atoms with Gasteiger partial charge in [-0.2, -0.15) is 5.26 Å². The molecule has 140 valence electrons. The molecule has 2 aliphatic heterocycles. The molecular formula is C18H22FN3O3S. The number of sulfone groups is 1.